The molecule has 1 saturated heterocycles. The number of nitrogens with zero attached hydrogens (tertiary/aromatic N) is 3. The van der Waals surface area contributed by atoms with Crippen LogP contribution in [0.2, 0.25) is 0 Å². The van der Waals surface area contributed by atoms with E-state index in [-0.39, 0.29) is 0 Å². The van der Waals surface area contributed by atoms with Gasteiger partial charge in [-0.1, -0.05) is 38.1 Å². The van der Waals surface area contributed by atoms with E-state index in [0.29, 0.717) is 12.0 Å². The number of aryl methyl sites for hydroxylation is 1. The van der Waals surface area contributed by atoms with Crippen LogP contribution >= 0.6 is 0 Å². The third-order valence-electron chi connectivity index (χ3n) is 4.54. The van der Waals surface area contributed by atoms with Crippen molar-refractivity contribution in [2.24, 2.45) is 7.05 Å². The van der Waals surface area contributed by atoms with Crippen LogP contribution in [-0.2, 0) is 13.6 Å². The lowest BCUT2D eigenvalue weighted by Crippen LogP contribution is -2.46. The molecule has 1 aromatic carbocycles. The monoisotopic (exact) mass is 298 g/mol. The molecule has 1 aromatic heterocycles. The third-order valence-corrected chi connectivity index (χ3v) is 4.54. The average Bonchev–Trinajstić information content (AvgIpc) is 2.94. The first-order chi connectivity index (χ1) is 10.6. The second kappa shape index (κ2) is 6.63. The zero-order chi connectivity index (χ0) is 15.5. The molecule has 1 aliphatic rings. The van der Waals surface area contributed by atoms with Crippen molar-refractivity contribution in [2.45, 2.75) is 32.4 Å². The van der Waals surface area contributed by atoms with Gasteiger partial charge in [0.2, 0.25) is 0 Å². The van der Waals surface area contributed by atoms with E-state index < -0.39 is 0 Å². The minimum atomic E-state index is 0.346. The maximum absolute atomic E-state index is 4.55. The predicted octanol–water partition coefficient (Wildman–Crippen LogP) is 2.69. The molecule has 0 aliphatic carbocycles. The molecule has 4 heteroatoms. The van der Waals surface area contributed by atoms with E-state index in [1.165, 1.54) is 11.1 Å². The van der Waals surface area contributed by atoms with Crippen molar-refractivity contribution in [3.05, 3.63) is 53.6 Å². The van der Waals surface area contributed by atoms with Crippen LogP contribution in [0.4, 0.5) is 0 Å². The Hall–Kier alpha value is -1.65. The Bertz CT molecular complexity index is 600. The summed E-state index contributed by atoms with van der Waals surface area (Å²) in [5.41, 5.74) is 2.79. The molecule has 0 radical (unpaired) electrons. The number of rotatable bonds is 4. The molecule has 118 valence electrons. The SMILES string of the molecule is CC(C)c1ccc(CN2CCNCC2c2nccn2C)cc1. The Morgan fingerprint density at radius 3 is 2.68 bits per heavy atom. The summed E-state index contributed by atoms with van der Waals surface area (Å²) in [6.45, 7) is 8.53. The van der Waals surface area contributed by atoms with Crippen molar-refractivity contribution >= 4 is 0 Å². The van der Waals surface area contributed by atoms with E-state index in [2.05, 4.69) is 64.9 Å². The topological polar surface area (TPSA) is 33.1 Å². The second-order valence-electron chi connectivity index (χ2n) is 6.48. The highest BCUT2D eigenvalue weighted by atomic mass is 15.3. The number of piperazine rings is 1. The van der Waals surface area contributed by atoms with Crippen LogP contribution < -0.4 is 5.32 Å². The first kappa shape index (κ1) is 15.3. The summed E-state index contributed by atoms with van der Waals surface area (Å²) in [5.74, 6) is 1.74. The number of hydrogen-bond donors (Lipinski definition) is 1. The van der Waals surface area contributed by atoms with Gasteiger partial charge in [0.1, 0.15) is 5.82 Å². The van der Waals surface area contributed by atoms with E-state index in [1.54, 1.807) is 0 Å². The van der Waals surface area contributed by atoms with Crippen molar-refractivity contribution in [2.75, 3.05) is 19.6 Å². The Kier molecular flexibility index (Phi) is 4.60. The van der Waals surface area contributed by atoms with Gasteiger partial charge in [0.25, 0.3) is 0 Å². The number of nitrogens with one attached hydrogen (secondary N) is 1. The lowest BCUT2D eigenvalue weighted by Gasteiger charge is -2.35. The summed E-state index contributed by atoms with van der Waals surface area (Å²) >= 11 is 0. The number of aromatic nitrogens is 2. The highest BCUT2D eigenvalue weighted by Gasteiger charge is 2.26. The third kappa shape index (κ3) is 3.23. The summed E-state index contributed by atoms with van der Waals surface area (Å²) in [5, 5.41) is 3.50. The van der Waals surface area contributed by atoms with Gasteiger partial charge in [0, 0.05) is 45.6 Å². The Morgan fingerprint density at radius 2 is 2.05 bits per heavy atom. The van der Waals surface area contributed by atoms with Gasteiger partial charge < -0.3 is 9.88 Å². The first-order valence-electron chi connectivity index (χ1n) is 8.16. The smallest absolute Gasteiger partial charge is 0.127 e. The van der Waals surface area contributed by atoms with Gasteiger partial charge in [-0.05, 0) is 17.0 Å². The van der Waals surface area contributed by atoms with Crippen LogP contribution in [0.15, 0.2) is 36.7 Å². The lowest BCUT2D eigenvalue weighted by atomic mass is 10.0. The molecule has 22 heavy (non-hydrogen) atoms. The molecule has 2 aromatic rings. The van der Waals surface area contributed by atoms with Crippen LogP contribution in [0.1, 0.15) is 42.8 Å². The average molecular weight is 298 g/mol. The molecule has 0 amide bonds. The van der Waals surface area contributed by atoms with Crippen LogP contribution in [0, 0.1) is 0 Å². The maximum Gasteiger partial charge on any atom is 0.127 e. The zero-order valence-corrected chi connectivity index (χ0v) is 13.8. The highest BCUT2D eigenvalue weighted by Crippen LogP contribution is 2.23. The van der Waals surface area contributed by atoms with Crippen LogP contribution in [0.5, 0.6) is 0 Å². The van der Waals surface area contributed by atoms with Crippen LogP contribution in [0.3, 0.4) is 0 Å². The predicted molar refractivity (Wildman–Crippen MR) is 89.8 cm³/mol. The first-order valence-corrected chi connectivity index (χ1v) is 8.16. The fourth-order valence-corrected chi connectivity index (χ4v) is 3.13. The molecule has 0 spiro atoms. The van der Waals surface area contributed by atoms with Crippen LogP contribution in [0.25, 0.3) is 0 Å². The van der Waals surface area contributed by atoms with Gasteiger partial charge in [0.05, 0.1) is 6.04 Å². The fourth-order valence-electron chi connectivity index (χ4n) is 3.13. The van der Waals surface area contributed by atoms with Crippen molar-refractivity contribution in [3.8, 4) is 0 Å². The summed E-state index contributed by atoms with van der Waals surface area (Å²) in [4.78, 5) is 7.08. The van der Waals surface area contributed by atoms with Crippen molar-refractivity contribution in [3.63, 3.8) is 0 Å². The molecule has 0 saturated carbocycles. The summed E-state index contributed by atoms with van der Waals surface area (Å²) in [6, 6.07) is 9.41. The normalized spacial score (nSPS) is 19.7. The highest BCUT2D eigenvalue weighted by molar-refractivity contribution is 5.25. The Labute approximate surface area is 133 Å². The lowest BCUT2D eigenvalue weighted by molar-refractivity contribution is 0.145. The Balaban J connectivity index is 1.75. The van der Waals surface area contributed by atoms with Gasteiger partial charge >= 0.3 is 0 Å². The molecule has 2 heterocycles. The quantitative estimate of drug-likeness (QED) is 0.942. The Morgan fingerprint density at radius 1 is 1.27 bits per heavy atom. The minimum Gasteiger partial charge on any atom is -0.337 e. The molecule has 3 rings (SSSR count). The number of hydrogen-bond acceptors (Lipinski definition) is 3. The molecule has 1 unspecified atom stereocenters. The van der Waals surface area contributed by atoms with Crippen molar-refractivity contribution < 1.29 is 0 Å². The standard InChI is InChI=1S/C18H26N4/c1-14(2)16-6-4-15(5-7-16)13-22-11-8-19-12-17(22)18-20-9-10-21(18)3/h4-7,9-10,14,17,19H,8,11-13H2,1-3H3. The molecular weight excluding hydrogens is 272 g/mol. The van der Waals surface area contributed by atoms with Gasteiger partial charge in [-0.25, -0.2) is 4.98 Å². The van der Waals surface area contributed by atoms with Gasteiger partial charge in [-0.15, -0.1) is 0 Å². The van der Waals surface area contributed by atoms with E-state index in [9.17, 15) is 0 Å². The van der Waals surface area contributed by atoms with Crippen molar-refractivity contribution in [1.29, 1.82) is 0 Å². The number of benzene rings is 1. The molecule has 1 N–H and O–H groups in total. The zero-order valence-electron chi connectivity index (χ0n) is 13.8. The molecule has 1 aliphatic heterocycles. The van der Waals surface area contributed by atoms with E-state index in [4.69, 9.17) is 0 Å². The summed E-state index contributed by atoms with van der Waals surface area (Å²) in [7, 11) is 2.08. The van der Waals surface area contributed by atoms with E-state index in [0.717, 1.165) is 32.0 Å². The fraction of sp³-hybridized carbons (Fsp3) is 0.500. The van der Waals surface area contributed by atoms with Gasteiger partial charge in [-0.3, -0.25) is 4.90 Å². The number of imidazole rings is 1. The van der Waals surface area contributed by atoms with Gasteiger partial charge in [0.15, 0.2) is 0 Å². The van der Waals surface area contributed by atoms with Crippen LogP contribution in [-0.4, -0.2) is 34.1 Å². The van der Waals surface area contributed by atoms with E-state index >= 15 is 0 Å². The molecule has 4 nitrogen and oxygen atoms in total. The largest absolute Gasteiger partial charge is 0.337 e. The minimum absolute atomic E-state index is 0.346. The molecule has 1 atom stereocenters. The summed E-state index contributed by atoms with van der Waals surface area (Å²) < 4.78 is 2.13. The molecule has 1 fully saturated rings. The molecular formula is C18H26N4. The van der Waals surface area contributed by atoms with E-state index in [1.807, 2.05) is 12.4 Å². The summed E-state index contributed by atoms with van der Waals surface area (Å²) in [6.07, 6.45) is 3.92. The van der Waals surface area contributed by atoms with Gasteiger partial charge in [-0.2, -0.15) is 0 Å². The van der Waals surface area contributed by atoms with Crippen molar-refractivity contribution in [1.82, 2.24) is 19.8 Å². The maximum atomic E-state index is 4.55. The molecule has 0 bridgehead atoms. The second-order valence-corrected chi connectivity index (χ2v) is 6.48.